The third-order valence-corrected chi connectivity index (χ3v) is 5.42. The Morgan fingerprint density at radius 2 is 1.83 bits per heavy atom. The van der Waals surface area contributed by atoms with Crippen molar-refractivity contribution in [3.63, 3.8) is 0 Å². The Bertz CT molecular complexity index is 1030. The number of alkyl carbamates (subject to hydrolysis) is 1. The lowest BCUT2D eigenvalue weighted by Gasteiger charge is -2.26. The van der Waals surface area contributed by atoms with Crippen molar-refractivity contribution in [1.82, 2.24) is 10.2 Å². The van der Waals surface area contributed by atoms with E-state index in [9.17, 15) is 24.5 Å². The van der Waals surface area contributed by atoms with E-state index in [-0.39, 0.29) is 25.4 Å². The summed E-state index contributed by atoms with van der Waals surface area (Å²) in [7, 11) is 0. The van der Waals surface area contributed by atoms with Gasteiger partial charge in [0.25, 0.3) is 5.69 Å². The molecule has 1 heterocycles. The van der Waals surface area contributed by atoms with E-state index in [4.69, 9.17) is 14.2 Å². The smallest absolute Gasteiger partial charge is 0.407 e. The van der Waals surface area contributed by atoms with Crippen LogP contribution >= 0.6 is 0 Å². The summed E-state index contributed by atoms with van der Waals surface area (Å²) in [6.07, 6.45) is -0.563. The maximum atomic E-state index is 12.9. The molecule has 1 saturated heterocycles. The van der Waals surface area contributed by atoms with Crippen LogP contribution in [0.25, 0.3) is 0 Å². The van der Waals surface area contributed by atoms with E-state index in [2.05, 4.69) is 5.32 Å². The van der Waals surface area contributed by atoms with Gasteiger partial charge in [-0.1, -0.05) is 18.2 Å². The van der Waals surface area contributed by atoms with Crippen LogP contribution in [0.5, 0.6) is 0 Å². The Morgan fingerprint density at radius 3 is 2.49 bits per heavy atom. The number of hydrogen-bond donors (Lipinski definition) is 1. The van der Waals surface area contributed by atoms with E-state index in [0.29, 0.717) is 30.6 Å². The third kappa shape index (κ3) is 7.51. The van der Waals surface area contributed by atoms with Gasteiger partial charge in [0.05, 0.1) is 17.1 Å². The first-order chi connectivity index (χ1) is 16.9. The van der Waals surface area contributed by atoms with Gasteiger partial charge in [0, 0.05) is 31.8 Å². The van der Waals surface area contributed by atoms with Gasteiger partial charge in [-0.05, 0) is 43.2 Å². The number of nitro groups is 1. The van der Waals surface area contributed by atoms with Crippen LogP contribution in [0.1, 0.15) is 29.3 Å². The Hall–Kier alpha value is -3.99. The Balaban J connectivity index is 1.61. The molecule has 2 atom stereocenters. The summed E-state index contributed by atoms with van der Waals surface area (Å²) in [5.41, 5.74) is 0.955. The first kappa shape index (κ1) is 25.6. The van der Waals surface area contributed by atoms with Gasteiger partial charge in [0.2, 0.25) is 0 Å². The van der Waals surface area contributed by atoms with Gasteiger partial charge in [-0.15, -0.1) is 0 Å². The van der Waals surface area contributed by atoms with Crippen molar-refractivity contribution in [2.45, 2.75) is 32.1 Å². The number of amides is 1. The van der Waals surface area contributed by atoms with Gasteiger partial charge in [-0.3, -0.25) is 19.8 Å². The highest BCUT2D eigenvalue weighted by Gasteiger charge is 2.35. The average molecular weight is 485 g/mol. The van der Waals surface area contributed by atoms with Crippen molar-refractivity contribution in [2.24, 2.45) is 0 Å². The van der Waals surface area contributed by atoms with Gasteiger partial charge in [0.15, 0.2) is 0 Å². The van der Waals surface area contributed by atoms with Crippen molar-refractivity contribution in [3.05, 3.63) is 75.8 Å². The summed E-state index contributed by atoms with van der Waals surface area (Å²) in [5.74, 6) is -1.03. The zero-order valence-corrected chi connectivity index (χ0v) is 19.3. The SMILES string of the molecule is CCOC(=O)NC[C@H](C(=O)OCc1ccc([N+](=O)[O-])cc1)N1CCC(OC(=O)c2ccccc2)C1. The molecule has 0 aliphatic carbocycles. The second-order valence-electron chi connectivity index (χ2n) is 7.83. The van der Waals surface area contributed by atoms with Crippen LogP contribution in [0.4, 0.5) is 10.5 Å². The molecule has 1 aliphatic rings. The first-order valence-electron chi connectivity index (χ1n) is 11.2. The van der Waals surface area contributed by atoms with E-state index in [1.54, 1.807) is 42.2 Å². The van der Waals surface area contributed by atoms with Crippen LogP contribution < -0.4 is 5.32 Å². The monoisotopic (exact) mass is 485 g/mol. The minimum atomic E-state index is -0.835. The van der Waals surface area contributed by atoms with Gasteiger partial charge < -0.3 is 19.5 Å². The summed E-state index contributed by atoms with van der Waals surface area (Å²) < 4.78 is 15.9. The zero-order valence-electron chi connectivity index (χ0n) is 19.3. The summed E-state index contributed by atoms with van der Waals surface area (Å²) in [5, 5.41) is 13.4. The van der Waals surface area contributed by atoms with Crippen LogP contribution in [-0.2, 0) is 25.6 Å². The predicted molar refractivity (Wildman–Crippen MR) is 124 cm³/mol. The lowest BCUT2D eigenvalue weighted by molar-refractivity contribution is -0.384. The maximum absolute atomic E-state index is 12.9. The number of nitrogens with one attached hydrogen (secondary N) is 1. The number of rotatable bonds is 10. The molecule has 1 amide bonds. The van der Waals surface area contributed by atoms with Crippen molar-refractivity contribution in [1.29, 1.82) is 0 Å². The van der Waals surface area contributed by atoms with Gasteiger partial charge in [-0.2, -0.15) is 0 Å². The molecular formula is C24H27N3O8. The second-order valence-corrected chi connectivity index (χ2v) is 7.83. The number of nitrogens with zero attached hydrogens (tertiary/aromatic N) is 2. The number of nitro benzene ring substituents is 1. The molecule has 0 saturated carbocycles. The zero-order chi connectivity index (χ0) is 25.2. The maximum Gasteiger partial charge on any atom is 0.407 e. The number of non-ortho nitro benzene ring substituents is 1. The fourth-order valence-electron chi connectivity index (χ4n) is 3.62. The molecule has 11 heteroatoms. The molecule has 1 unspecified atom stereocenters. The molecule has 0 spiro atoms. The van der Waals surface area contributed by atoms with Crippen molar-refractivity contribution in [3.8, 4) is 0 Å². The molecule has 0 bridgehead atoms. The summed E-state index contributed by atoms with van der Waals surface area (Å²) >= 11 is 0. The number of likely N-dealkylation sites (tertiary alicyclic amines) is 1. The summed E-state index contributed by atoms with van der Waals surface area (Å²) in [6.45, 7) is 2.45. The summed E-state index contributed by atoms with van der Waals surface area (Å²) in [6, 6.07) is 13.5. The van der Waals surface area contributed by atoms with Crippen molar-refractivity contribution in [2.75, 3.05) is 26.2 Å². The highest BCUT2D eigenvalue weighted by Crippen LogP contribution is 2.19. The van der Waals surface area contributed by atoms with E-state index in [1.165, 1.54) is 24.3 Å². The number of benzene rings is 2. The first-order valence-corrected chi connectivity index (χ1v) is 11.2. The van der Waals surface area contributed by atoms with Crippen LogP contribution in [0.15, 0.2) is 54.6 Å². The van der Waals surface area contributed by atoms with Crippen LogP contribution in [0.3, 0.4) is 0 Å². The van der Waals surface area contributed by atoms with E-state index in [1.807, 2.05) is 0 Å². The average Bonchev–Trinajstić information content (AvgIpc) is 3.31. The second kappa shape index (κ2) is 12.5. The Kier molecular flexibility index (Phi) is 9.13. The van der Waals surface area contributed by atoms with Crippen molar-refractivity contribution < 1.29 is 33.5 Å². The third-order valence-electron chi connectivity index (χ3n) is 5.42. The molecule has 1 aliphatic heterocycles. The minimum absolute atomic E-state index is 0.0583. The molecule has 2 aromatic carbocycles. The quantitative estimate of drug-likeness (QED) is 0.233. The van der Waals surface area contributed by atoms with Crippen LogP contribution in [-0.4, -0.2) is 66.2 Å². The highest BCUT2D eigenvalue weighted by molar-refractivity contribution is 5.89. The molecule has 1 N–H and O–H groups in total. The molecular weight excluding hydrogens is 458 g/mol. The molecule has 0 radical (unpaired) electrons. The van der Waals surface area contributed by atoms with Gasteiger partial charge >= 0.3 is 18.0 Å². The van der Waals surface area contributed by atoms with Crippen molar-refractivity contribution >= 4 is 23.7 Å². The van der Waals surface area contributed by atoms with E-state index in [0.717, 1.165) is 0 Å². The topological polar surface area (TPSA) is 137 Å². The van der Waals surface area contributed by atoms with Gasteiger partial charge in [-0.25, -0.2) is 9.59 Å². The highest BCUT2D eigenvalue weighted by atomic mass is 16.6. The number of hydrogen-bond acceptors (Lipinski definition) is 9. The molecule has 3 rings (SSSR count). The lowest BCUT2D eigenvalue weighted by Crippen LogP contribution is -2.49. The largest absolute Gasteiger partial charge is 0.460 e. The number of esters is 2. The Labute approximate surface area is 202 Å². The standard InChI is InChI=1S/C24H27N3O8/c1-2-33-24(30)25-14-21(23(29)34-16-17-8-10-19(11-9-17)27(31)32)26-13-12-20(15-26)35-22(28)18-6-4-3-5-7-18/h3-11,20-21H,2,12-16H2,1H3,(H,25,30)/t20?,21-/m1/s1. The van der Waals surface area contributed by atoms with E-state index < -0.39 is 35.1 Å². The fourth-order valence-corrected chi connectivity index (χ4v) is 3.62. The minimum Gasteiger partial charge on any atom is -0.460 e. The van der Waals surface area contributed by atoms with Gasteiger partial charge in [0.1, 0.15) is 18.8 Å². The fraction of sp³-hybridized carbons (Fsp3) is 0.375. The number of carbonyl (C=O) groups excluding carboxylic acids is 3. The molecule has 0 aromatic heterocycles. The molecule has 186 valence electrons. The molecule has 35 heavy (non-hydrogen) atoms. The molecule has 2 aromatic rings. The number of ether oxygens (including phenoxy) is 3. The van der Waals surface area contributed by atoms with Crippen LogP contribution in [0.2, 0.25) is 0 Å². The van der Waals surface area contributed by atoms with Crippen LogP contribution in [0, 0.1) is 10.1 Å². The Morgan fingerprint density at radius 1 is 1.11 bits per heavy atom. The molecule has 11 nitrogen and oxygen atoms in total. The van der Waals surface area contributed by atoms with E-state index >= 15 is 0 Å². The number of carbonyl (C=O) groups is 3. The normalized spacial score (nSPS) is 16.2. The lowest BCUT2D eigenvalue weighted by atomic mass is 10.2. The predicted octanol–water partition coefficient (Wildman–Crippen LogP) is 2.68. The molecule has 1 fully saturated rings. The summed E-state index contributed by atoms with van der Waals surface area (Å²) in [4.78, 5) is 49.2.